The zero-order chi connectivity index (χ0) is 9.14. The minimum Gasteiger partial charge on any atom is -0.461 e. The molecule has 1 rings (SSSR count). The van der Waals surface area contributed by atoms with Gasteiger partial charge in [-0.2, -0.15) is 0 Å². The number of nitrogens with one attached hydrogen (secondary N) is 1. The molecule has 0 fully saturated rings. The van der Waals surface area contributed by atoms with Gasteiger partial charge in [-0.1, -0.05) is 11.6 Å². The number of anilines is 1. The average Bonchev–Trinajstić information content (AvgIpc) is 2.30. The molecule has 0 atom stereocenters. The van der Waals surface area contributed by atoms with Gasteiger partial charge in [-0.15, -0.1) is 0 Å². The quantitative estimate of drug-likeness (QED) is 0.690. The van der Waals surface area contributed by atoms with E-state index < -0.39 is 5.97 Å². The molecule has 5 heteroatoms. The number of H-pyrrole nitrogens is 1. The molecule has 0 spiro atoms. The highest BCUT2D eigenvalue weighted by Gasteiger charge is 2.13. The first-order valence-corrected chi connectivity index (χ1v) is 3.84. The van der Waals surface area contributed by atoms with Crippen LogP contribution in [0.1, 0.15) is 17.4 Å². The monoisotopic (exact) mass is 188 g/mol. The van der Waals surface area contributed by atoms with Crippen LogP contribution in [0.25, 0.3) is 0 Å². The number of hydrogen-bond acceptors (Lipinski definition) is 3. The Morgan fingerprint density at radius 3 is 2.92 bits per heavy atom. The van der Waals surface area contributed by atoms with Gasteiger partial charge < -0.3 is 15.5 Å². The van der Waals surface area contributed by atoms with Gasteiger partial charge in [-0.3, -0.25) is 0 Å². The lowest BCUT2D eigenvalue weighted by atomic mass is 10.4. The Kier molecular flexibility index (Phi) is 2.60. The van der Waals surface area contributed by atoms with Crippen molar-refractivity contribution in [3.63, 3.8) is 0 Å². The molecule has 3 N–H and O–H groups in total. The van der Waals surface area contributed by atoms with E-state index in [4.69, 9.17) is 22.1 Å². The molecule has 12 heavy (non-hydrogen) atoms. The van der Waals surface area contributed by atoms with E-state index in [0.717, 1.165) is 0 Å². The number of aromatic nitrogens is 1. The molecule has 0 aliphatic rings. The van der Waals surface area contributed by atoms with Crippen LogP contribution in [0.3, 0.4) is 0 Å². The van der Waals surface area contributed by atoms with Crippen LogP contribution in [0.4, 0.5) is 5.69 Å². The first-order chi connectivity index (χ1) is 5.65. The highest BCUT2D eigenvalue weighted by molar-refractivity contribution is 6.30. The molecule has 0 saturated carbocycles. The Balaban J connectivity index is 2.87. The first kappa shape index (κ1) is 8.93. The SMILES string of the molecule is CCOC(=O)c1[nH]c(Cl)cc1N. The third-order valence-electron chi connectivity index (χ3n) is 1.29. The van der Waals surface area contributed by atoms with Crippen molar-refractivity contribution in [1.82, 2.24) is 4.98 Å². The lowest BCUT2D eigenvalue weighted by Gasteiger charge is -1.98. The fraction of sp³-hybridized carbons (Fsp3) is 0.286. The van der Waals surface area contributed by atoms with Crippen LogP contribution in [0, 0.1) is 0 Å². The van der Waals surface area contributed by atoms with Gasteiger partial charge in [0.05, 0.1) is 12.3 Å². The van der Waals surface area contributed by atoms with E-state index in [-0.39, 0.29) is 5.69 Å². The summed E-state index contributed by atoms with van der Waals surface area (Å²) in [4.78, 5) is 13.7. The maximum atomic E-state index is 11.1. The van der Waals surface area contributed by atoms with Gasteiger partial charge in [0.15, 0.2) is 0 Å². The molecule has 4 nitrogen and oxygen atoms in total. The maximum Gasteiger partial charge on any atom is 0.356 e. The summed E-state index contributed by atoms with van der Waals surface area (Å²) in [5, 5.41) is 0.329. The number of nitrogen functional groups attached to an aromatic ring is 1. The van der Waals surface area contributed by atoms with E-state index in [0.29, 0.717) is 17.4 Å². The second kappa shape index (κ2) is 3.49. The number of ether oxygens (including phenoxy) is 1. The van der Waals surface area contributed by atoms with Gasteiger partial charge in [-0.05, 0) is 13.0 Å². The van der Waals surface area contributed by atoms with Crippen LogP contribution in [-0.2, 0) is 4.74 Å². The summed E-state index contributed by atoms with van der Waals surface area (Å²) < 4.78 is 4.71. The van der Waals surface area contributed by atoms with E-state index >= 15 is 0 Å². The topological polar surface area (TPSA) is 68.1 Å². The van der Waals surface area contributed by atoms with Crippen molar-refractivity contribution < 1.29 is 9.53 Å². The Labute approximate surface area is 74.7 Å². The lowest BCUT2D eigenvalue weighted by molar-refractivity contribution is 0.0521. The molecule has 0 saturated heterocycles. The molecular weight excluding hydrogens is 180 g/mol. The summed E-state index contributed by atoms with van der Waals surface area (Å²) in [5.74, 6) is -0.484. The molecule has 1 heterocycles. The average molecular weight is 189 g/mol. The number of aromatic amines is 1. The third-order valence-corrected chi connectivity index (χ3v) is 1.50. The zero-order valence-corrected chi connectivity index (χ0v) is 7.31. The Morgan fingerprint density at radius 2 is 2.50 bits per heavy atom. The van der Waals surface area contributed by atoms with E-state index in [1.54, 1.807) is 6.92 Å². The van der Waals surface area contributed by atoms with Crippen LogP contribution < -0.4 is 5.73 Å². The molecule has 0 aliphatic carbocycles. The molecule has 0 aliphatic heterocycles. The number of halogens is 1. The maximum absolute atomic E-state index is 11.1. The summed E-state index contributed by atoms with van der Waals surface area (Å²) in [6, 6.07) is 1.47. The summed E-state index contributed by atoms with van der Waals surface area (Å²) >= 11 is 5.57. The smallest absolute Gasteiger partial charge is 0.356 e. The van der Waals surface area contributed by atoms with Crippen LogP contribution >= 0.6 is 11.6 Å². The van der Waals surface area contributed by atoms with Gasteiger partial charge >= 0.3 is 5.97 Å². The van der Waals surface area contributed by atoms with Crippen LogP contribution in [0.15, 0.2) is 6.07 Å². The van der Waals surface area contributed by atoms with Crippen LogP contribution in [0.5, 0.6) is 0 Å². The Hall–Kier alpha value is -1.16. The number of carbonyl (C=O) groups is 1. The first-order valence-electron chi connectivity index (χ1n) is 3.46. The standard InChI is InChI=1S/C7H9ClN2O2/c1-2-12-7(11)6-4(9)3-5(8)10-6/h3,10H,2,9H2,1H3. The van der Waals surface area contributed by atoms with Gasteiger partial charge in [0.2, 0.25) is 0 Å². The third kappa shape index (κ3) is 1.71. The second-order valence-electron chi connectivity index (χ2n) is 2.17. The van der Waals surface area contributed by atoms with E-state index in [1.807, 2.05) is 0 Å². The van der Waals surface area contributed by atoms with Crippen LogP contribution in [-0.4, -0.2) is 17.6 Å². The summed E-state index contributed by atoms with van der Waals surface area (Å²) in [7, 11) is 0. The molecule has 0 unspecified atom stereocenters. The Bertz CT molecular complexity index is 296. The van der Waals surface area contributed by atoms with E-state index in [1.165, 1.54) is 6.07 Å². The minimum atomic E-state index is -0.484. The van der Waals surface area contributed by atoms with Gasteiger partial charge in [0, 0.05) is 0 Å². The number of esters is 1. The zero-order valence-electron chi connectivity index (χ0n) is 6.56. The molecule has 0 aromatic carbocycles. The van der Waals surface area contributed by atoms with E-state index in [9.17, 15) is 4.79 Å². The normalized spacial score (nSPS) is 9.83. The van der Waals surface area contributed by atoms with Gasteiger partial charge in [0.1, 0.15) is 10.8 Å². The highest BCUT2D eigenvalue weighted by Crippen LogP contribution is 2.17. The van der Waals surface area contributed by atoms with Gasteiger partial charge in [-0.25, -0.2) is 4.79 Å². The molecule has 0 bridgehead atoms. The summed E-state index contributed by atoms with van der Waals surface area (Å²) in [5.41, 5.74) is 5.97. The highest BCUT2D eigenvalue weighted by atomic mass is 35.5. The number of hydrogen-bond donors (Lipinski definition) is 2. The summed E-state index contributed by atoms with van der Waals surface area (Å²) in [6.45, 7) is 2.04. The molecule has 66 valence electrons. The van der Waals surface area contributed by atoms with Crippen molar-refractivity contribution in [1.29, 1.82) is 0 Å². The fourth-order valence-corrected chi connectivity index (χ4v) is 1.02. The number of carbonyl (C=O) groups excluding carboxylic acids is 1. The molecule has 1 aromatic heterocycles. The summed E-state index contributed by atoms with van der Waals surface area (Å²) in [6.07, 6.45) is 0. The largest absolute Gasteiger partial charge is 0.461 e. The van der Waals surface area contributed by atoms with Crippen molar-refractivity contribution in [3.05, 3.63) is 16.9 Å². The molecule has 0 radical (unpaired) electrons. The van der Waals surface area contributed by atoms with Crippen LogP contribution in [0.2, 0.25) is 5.15 Å². The molecule has 0 amide bonds. The predicted octanol–water partition coefficient (Wildman–Crippen LogP) is 1.43. The van der Waals surface area contributed by atoms with E-state index in [2.05, 4.69) is 4.98 Å². The van der Waals surface area contributed by atoms with Crippen molar-refractivity contribution >= 4 is 23.3 Å². The lowest BCUT2D eigenvalue weighted by Crippen LogP contribution is -2.07. The van der Waals surface area contributed by atoms with Crippen molar-refractivity contribution in [2.75, 3.05) is 12.3 Å². The molecular formula is C7H9ClN2O2. The Morgan fingerprint density at radius 1 is 1.83 bits per heavy atom. The van der Waals surface area contributed by atoms with Gasteiger partial charge in [0.25, 0.3) is 0 Å². The predicted molar refractivity (Wildman–Crippen MR) is 46.2 cm³/mol. The molecule has 1 aromatic rings. The fourth-order valence-electron chi connectivity index (χ4n) is 0.809. The second-order valence-corrected chi connectivity index (χ2v) is 2.58. The van der Waals surface area contributed by atoms with Crippen molar-refractivity contribution in [2.24, 2.45) is 0 Å². The number of rotatable bonds is 2. The van der Waals surface area contributed by atoms with Crippen molar-refractivity contribution in [2.45, 2.75) is 6.92 Å². The number of nitrogens with two attached hydrogens (primary N) is 1. The minimum absolute atomic E-state index is 0.210. The van der Waals surface area contributed by atoms with Crippen molar-refractivity contribution in [3.8, 4) is 0 Å².